The summed E-state index contributed by atoms with van der Waals surface area (Å²) in [6.07, 6.45) is 0.861. The number of carboxylic acid groups (broad SMARTS) is 3. The number of carbonyl (C=O) groups excluding carboxylic acids is 2. The van der Waals surface area contributed by atoms with Gasteiger partial charge in [0.1, 0.15) is 6.04 Å². The van der Waals surface area contributed by atoms with Crippen LogP contribution in [-0.4, -0.2) is 144 Å². The van der Waals surface area contributed by atoms with E-state index in [4.69, 9.17) is 10.2 Å². The Kier molecular flexibility index (Phi) is 16.2. The maximum Gasteiger partial charge on any atom is 0.321 e. The summed E-state index contributed by atoms with van der Waals surface area (Å²) in [6.45, 7) is 5.20. The zero-order valence-electron chi connectivity index (χ0n) is 21.2. The van der Waals surface area contributed by atoms with E-state index in [0.717, 1.165) is 12.8 Å². The second kappa shape index (κ2) is 17.6. The van der Waals surface area contributed by atoms with Crippen molar-refractivity contribution in [2.24, 2.45) is 0 Å². The van der Waals surface area contributed by atoms with Crippen LogP contribution < -0.4 is 5.32 Å². The predicted octanol–water partition coefficient (Wildman–Crippen LogP) is -1.07. The van der Waals surface area contributed by atoms with Crippen LogP contribution >= 0.6 is 0 Å². The molecular weight excluding hydrogens is 462 g/mol. The number of nitrogens with one attached hydrogen (secondary N) is 1. The molecule has 1 unspecified atom stereocenters. The van der Waals surface area contributed by atoms with Crippen LogP contribution in [0, 0.1) is 0 Å². The molecule has 0 aliphatic carbocycles. The van der Waals surface area contributed by atoms with E-state index in [1.165, 1.54) is 14.7 Å². The van der Waals surface area contributed by atoms with Crippen molar-refractivity contribution in [1.29, 1.82) is 0 Å². The van der Waals surface area contributed by atoms with E-state index in [1.54, 1.807) is 19.0 Å². The minimum absolute atomic E-state index is 0.0471. The smallest absolute Gasteiger partial charge is 0.321 e. The molecule has 0 rings (SSSR count). The van der Waals surface area contributed by atoms with Crippen LogP contribution in [0.5, 0.6) is 0 Å². The molecule has 2 amide bonds. The van der Waals surface area contributed by atoms with E-state index >= 15 is 0 Å². The van der Waals surface area contributed by atoms with Crippen molar-refractivity contribution in [2.45, 2.75) is 39.2 Å². The topological polar surface area (TPSA) is 171 Å². The van der Waals surface area contributed by atoms with Gasteiger partial charge in [-0.25, -0.2) is 0 Å². The fourth-order valence-electron chi connectivity index (χ4n) is 3.40. The van der Waals surface area contributed by atoms with Gasteiger partial charge in [0.25, 0.3) is 0 Å². The molecule has 13 heteroatoms. The molecule has 1 atom stereocenters. The molecule has 0 aliphatic rings. The van der Waals surface area contributed by atoms with E-state index in [9.17, 15) is 29.1 Å². The summed E-state index contributed by atoms with van der Waals surface area (Å²) in [6, 6.07) is -1.37. The Morgan fingerprint density at radius 3 is 1.69 bits per heavy atom. The van der Waals surface area contributed by atoms with Gasteiger partial charge in [0.15, 0.2) is 0 Å². The highest BCUT2D eigenvalue weighted by Crippen LogP contribution is 2.07. The molecule has 13 nitrogen and oxygen atoms in total. The molecule has 0 fully saturated rings. The summed E-state index contributed by atoms with van der Waals surface area (Å²) < 4.78 is 0. The number of amides is 2. The molecule has 0 saturated carbocycles. The Labute approximate surface area is 206 Å². The van der Waals surface area contributed by atoms with Crippen molar-refractivity contribution in [2.75, 3.05) is 73.0 Å². The maximum atomic E-state index is 12.5. The third-order valence-electron chi connectivity index (χ3n) is 5.30. The van der Waals surface area contributed by atoms with Crippen molar-refractivity contribution in [3.63, 3.8) is 0 Å². The molecule has 202 valence electrons. The normalized spacial score (nSPS) is 11.9. The molecule has 0 spiro atoms. The Morgan fingerprint density at radius 2 is 1.23 bits per heavy atom. The first-order valence-corrected chi connectivity index (χ1v) is 11.7. The number of hydrogen-bond donors (Lipinski definition) is 4. The molecule has 0 heterocycles. The van der Waals surface area contributed by atoms with Crippen LogP contribution in [0.15, 0.2) is 0 Å². The monoisotopic (exact) mass is 503 g/mol. The zero-order valence-corrected chi connectivity index (χ0v) is 21.2. The number of hydrogen-bond acceptors (Lipinski definition) is 8. The van der Waals surface area contributed by atoms with E-state index in [1.807, 2.05) is 13.8 Å². The van der Waals surface area contributed by atoms with Gasteiger partial charge in [-0.1, -0.05) is 13.8 Å². The van der Waals surface area contributed by atoms with Gasteiger partial charge in [0, 0.05) is 53.4 Å². The standard InChI is InChI=1S/C22H41N5O8/c1-5-9-24(3)18(28)14-26(16-21(32)33)11-7-23-8-12-27(15-19(29)25(4)10-6-2)17(22(34)35)13-20(30)31/h17,23H,5-16H2,1-4H3,(H,30,31)(H,32,33)(H,34,35). The number of carboxylic acids is 3. The summed E-state index contributed by atoms with van der Waals surface area (Å²) in [7, 11) is 3.26. The predicted molar refractivity (Wildman–Crippen MR) is 128 cm³/mol. The van der Waals surface area contributed by atoms with Crippen molar-refractivity contribution >= 4 is 29.7 Å². The largest absolute Gasteiger partial charge is 0.481 e. The lowest BCUT2D eigenvalue weighted by Crippen LogP contribution is -2.50. The van der Waals surface area contributed by atoms with Crippen molar-refractivity contribution in [3.05, 3.63) is 0 Å². The van der Waals surface area contributed by atoms with Gasteiger partial charge in [0.2, 0.25) is 11.8 Å². The molecule has 0 aromatic rings. The minimum atomic E-state index is -1.37. The van der Waals surface area contributed by atoms with Gasteiger partial charge in [0.05, 0.1) is 26.1 Å². The Hall–Kier alpha value is -2.77. The summed E-state index contributed by atoms with van der Waals surface area (Å²) in [5, 5.41) is 30.8. The SMILES string of the molecule is CCCN(C)C(=O)CN(CCNCCN(CC(=O)N(C)CCC)C(CC(=O)O)C(=O)O)CC(=O)O. The van der Waals surface area contributed by atoms with Gasteiger partial charge in [-0.05, 0) is 12.8 Å². The quantitative estimate of drug-likeness (QED) is 0.149. The van der Waals surface area contributed by atoms with Gasteiger partial charge in [-0.15, -0.1) is 0 Å². The summed E-state index contributed by atoms with van der Waals surface area (Å²) in [5.74, 6) is -4.18. The molecule has 0 aromatic heterocycles. The third kappa shape index (κ3) is 14.3. The van der Waals surface area contributed by atoms with Gasteiger partial charge in [-0.2, -0.15) is 0 Å². The number of nitrogens with zero attached hydrogens (tertiary/aromatic N) is 4. The molecule has 0 aliphatic heterocycles. The van der Waals surface area contributed by atoms with Crippen molar-refractivity contribution < 1.29 is 39.3 Å². The average molecular weight is 504 g/mol. The maximum absolute atomic E-state index is 12.5. The third-order valence-corrected chi connectivity index (χ3v) is 5.30. The number of carbonyl (C=O) groups is 5. The van der Waals surface area contributed by atoms with E-state index in [0.29, 0.717) is 19.6 Å². The fourth-order valence-corrected chi connectivity index (χ4v) is 3.40. The van der Waals surface area contributed by atoms with Crippen molar-refractivity contribution in [1.82, 2.24) is 24.9 Å². The Morgan fingerprint density at radius 1 is 0.714 bits per heavy atom. The first kappa shape index (κ1) is 32.2. The first-order valence-electron chi connectivity index (χ1n) is 11.7. The fraction of sp³-hybridized carbons (Fsp3) is 0.773. The van der Waals surface area contributed by atoms with Crippen LogP contribution in [0.2, 0.25) is 0 Å². The van der Waals surface area contributed by atoms with E-state index in [2.05, 4.69) is 5.32 Å². The van der Waals surface area contributed by atoms with Gasteiger partial charge < -0.3 is 30.4 Å². The Bertz CT molecular complexity index is 705. The van der Waals surface area contributed by atoms with Gasteiger partial charge >= 0.3 is 17.9 Å². The van der Waals surface area contributed by atoms with E-state index < -0.39 is 30.4 Å². The lowest BCUT2D eigenvalue weighted by atomic mass is 10.1. The molecule has 0 saturated heterocycles. The molecular formula is C22H41N5O8. The molecule has 35 heavy (non-hydrogen) atoms. The second-order valence-corrected chi connectivity index (χ2v) is 8.41. The summed E-state index contributed by atoms with van der Waals surface area (Å²) >= 11 is 0. The van der Waals surface area contributed by atoms with Crippen LogP contribution in [0.3, 0.4) is 0 Å². The lowest BCUT2D eigenvalue weighted by Gasteiger charge is -2.29. The average Bonchev–Trinajstić information content (AvgIpc) is 2.75. The van der Waals surface area contributed by atoms with Crippen LogP contribution in [0.25, 0.3) is 0 Å². The molecule has 0 radical (unpaired) electrons. The highest BCUT2D eigenvalue weighted by molar-refractivity contribution is 5.83. The summed E-state index contributed by atoms with van der Waals surface area (Å²) in [5.41, 5.74) is 0. The number of aliphatic carboxylic acids is 3. The molecule has 0 bridgehead atoms. The second-order valence-electron chi connectivity index (χ2n) is 8.41. The molecule has 4 N–H and O–H groups in total. The number of likely N-dealkylation sites (N-methyl/N-ethyl adjacent to an activating group) is 2. The first-order chi connectivity index (χ1) is 16.4. The van der Waals surface area contributed by atoms with Crippen LogP contribution in [0.1, 0.15) is 33.1 Å². The van der Waals surface area contributed by atoms with Crippen LogP contribution in [-0.2, 0) is 24.0 Å². The Balaban J connectivity index is 5.02. The summed E-state index contributed by atoms with van der Waals surface area (Å²) in [4.78, 5) is 64.6. The highest BCUT2D eigenvalue weighted by Gasteiger charge is 2.30. The molecule has 0 aromatic carbocycles. The van der Waals surface area contributed by atoms with E-state index in [-0.39, 0.29) is 51.1 Å². The minimum Gasteiger partial charge on any atom is -0.481 e. The van der Waals surface area contributed by atoms with Crippen molar-refractivity contribution in [3.8, 4) is 0 Å². The highest BCUT2D eigenvalue weighted by atomic mass is 16.4. The number of rotatable bonds is 20. The van der Waals surface area contributed by atoms with Gasteiger partial charge in [-0.3, -0.25) is 33.8 Å². The zero-order chi connectivity index (χ0) is 27.0. The lowest BCUT2D eigenvalue weighted by molar-refractivity contribution is -0.151. The van der Waals surface area contributed by atoms with Crippen LogP contribution in [0.4, 0.5) is 0 Å².